The molecule has 1 aromatic heterocycles. The fourth-order valence-electron chi connectivity index (χ4n) is 3.69. The van der Waals surface area contributed by atoms with Crippen molar-refractivity contribution in [1.82, 2.24) is 10.3 Å². The molecular weight excluding hydrogens is 364 g/mol. The third kappa shape index (κ3) is 4.29. The number of pyridine rings is 1. The number of carbonyl (C=O) groups is 1. The first kappa shape index (κ1) is 18.7. The maximum atomic E-state index is 12.1. The Morgan fingerprint density at radius 1 is 1.03 bits per heavy atom. The highest BCUT2D eigenvalue weighted by atomic mass is 16.5. The van der Waals surface area contributed by atoms with Gasteiger partial charge >= 0.3 is 6.09 Å². The minimum absolute atomic E-state index is 0.0595. The van der Waals surface area contributed by atoms with Gasteiger partial charge in [0, 0.05) is 24.7 Å². The second kappa shape index (κ2) is 8.61. The van der Waals surface area contributed by atoms with Crippen LogP contribution in [0.3, 0.4) is 0 Å². The van der Waals surface area contributed by atoms with Crippen LogP contribution in [0.15, 0.2) is 77.7 Å². The van der Waals surface area contributed by atoms with Gasteiger partial charge in [0.15, 0.2) is 0 Å². The molecule has 4 rings (SSSR count). The quantitative estimate of drug-likeness (QED) is 0.620. The molecule has 1 aliphatic rings. The minimum atomic E-state index is -0.420. The summed E-state index contributed by atoms with van der Waals surface area (Å²) in [5.74, 6) is 0.0595. The molecule has 3 aromatic rings. The molecule has 0 spiro atoms. The first-order chi connectivity index (χ1) is 14.2. The van der Waals surface area contributed by atoms with Gasteiger partial charge in [-0.25, -0.2) is 4.79 Å². The van der Waals surface area contributed by atoms with Crippen LogP contribution in [0.2, 0.25) is 0 Å². The number of carbonyl (C=O) groups excluding carboxylic acids is 1. The number of aromatic nitrogens is 1. The lowest BCUT2D eigenvalue weighted by Gasteiger charge is -2.14. The molecule has 0 bridgehead atoms. The second-order valence-corrected chi connectivity index (χ2v) is 6.93. The van der Waals surface area contributed by atoms with Crippen molar-refractivity contribution in [1.29, 1.82) is 0 Å². The minimum Gasteiger partial charge on any atom is -0.449 e. The lowest BCUT2D eigenvalue weighted by Crippen LogP contribution is -2.26. The zero-order chi connectivity index (χ0) is 20.1. The van der Waals surface area contributed by atoms with E-state index in [9.17, 15) is 9.59 Å². The van der Waals surface area contributed by atoms with E-state index in [0.717, 1.165) is 5.56 Å². The largest absolute Gasteiger partial charge is 0.449 e. The van der Waals surface area contributed by atoms with Crippen molar-refractivity contribution in [3.8, 4) is 11.1 Å². The van der Waals surface area contributed by atoms with E-state index >= 15 is 0 Å². The Morgan fingerprint density at radius 2 is 1.72 bits per heavy atom. The van der Waals surface area contributed by atoms with Crippen molar-refractivity contribution < 1.29 is 9.53 Å². The van der Waals surface area contributed by atoms with Crippen molar-refractivity contribution >= 4 is 12.2 Å². The van der Waals surface area contributed by atoms with Crippen molar-refractivity contribution in [2.75, 3.05) is 13.2 Å². The molecule has 29 heavy (non-hydrogen) atoms. The van der Waals surface area contributed by atoms with E-state index in [4.69, 9.17) is 4.74 Å². The van der Waals surface area contributed by atoms with Gasteiger partial charge in [0.1, 0.15) is 6.61 Å². The van der Waals surface area contributed by atoms with Crippen molar-refractivity contribution in [2.24, 2.45) is 0 Å². The molecule has 0 radical (unpaired) electrons. The van der Waals surface area contributed by atoms with E-state index in [2.05, 4.69) is 34.6 Å². The Kier molecular flexibility index (Phi) is 5.56. The zero-order valence-corrected chi connectivity index (χ0v) is 15.9. The topological polar surface area (TPSA) is 71.2 Å². The van der Waals surface area contributed by atoms with Gasteiger partial charge in [0.25, 0.3) is 0 Å². The van der Waals surface area contributed by atoms with Gasteiger partial charge in [0.2, 0.25) is 5.56 Å². The number of aromatic amines is 1. The summed E-state index contributed by atoms with van der Waals surface area (Å²) in [6, 6.07) is 19.9. The Morgan fingerprint density at radius 3 is 2.41 bits per heavy atom. The number of H-pyrrole nitrogens is 1. The van der Waals surface area contributed by atoms with Crippen LogP contribution in [0, 0.1) is 0 Å². The number of benzene rings is 2. The first-order valence-corrected chi connectivity index (χ1v) is 9.66. The molecule has 2 N–H and O–H groups in total. The van der Waals surface area contributed by atoms with E-state index < -0.39 is 6.09 Å². The molecule has 146 valence electrons. The molecule has 0 unspecified atom stereocenters. The highest BCUT2D eigenvalue weighted by Gasteiger charge is 2.28. The predicted octanol–water partition coefficient (Wildman–Crippen LogP) is 4.32. The summed E-state index contributed by atoms with van der Waals surface area (Å²) >= 11 is 0. The Bertz CT molecular complexity index is 1060. The number of fused-ring (bicyclic) bond motifs is 3. The first-order valence-electron chi connectivity index (χ1n) is 9.66. The molecule has 0 fully saturated rings. The van der Waals surface area contributed by atoms with Gasteiger partial charge in [-0.15, -0.1) is 0 Å². The standard InChI is InChI=1S/C24H22N2O3/c27-23-15-17(12-14-25-23)7-5-6-13-26-24(28)29-16-22-20-10-3-1-8-18(20)19-9-2-4-11-21(19)22/h1-5,7-12,14-15,22H,6,13,16H2,(H,25,27)(H,26,28). The summed E-state index contributed by atoms with van der Waals surface area (Å²) in [5.41, 5.74) is 5.51. The summed E-state index contributed by atoms with van der Waals surface area (Å²) in [6.07, 6.45) is 5.61. The van der Waals surface area contributed by atoms with Crippen LogP contribution in [-0.2, 0) is 4.74 Å². The normalized spacial score (nSPS) is 12.6. The van der Waals surface area contributed by atoms with Crippen LogP contribution in [0.4, 0.5) is 4.79 Å². The molecule has 5 heteroatoms. The highest BCUT2D eigenvalue weighted by molar-refractivity contribution is 5.79. The summed E-state index contributed by atoms with van der Waals surface area (Å²) in [6.45, 7) is 0.777. The number of ether oxygens (including phenoxy) is 1. The number of hydrogen-bond donors (Lipinski definition) is 2. The number of alkyl carbamates (subject to hydrolysis) is 1. The summed E-state index contributed by atoms with van der Waals surface area (Å²) < 4.78 is 5.50. The molecule has 0 saturated carbocycles. The lowest BCUT2D eigenvalue weighted by atomic mass is 9.98. The summed E-state index contributed by atoms with van der Waals surface area (Å²) in [5, 5.41) is 2.77. The molecule has 5 nitrogen and oxygen atoms in total. The van der Waals surface area contributed by atoms with Crippen molar-refractivity contribution in [3.63, 3.8) is 0 Å². The van der Waals surface area contributed by atoms with Gasteiger partial charge in [-0.3, -0.25) is 4.79 Å². The van der Waals surface area contributed by atoms with Crippen LogP contribution >= 0.6 is 0 Å². The number of amides is 1. The van der Waals surface area contributed by atoms with Gasteiger partial charge in [-0.2, -0.15) is 0 Å². The van der Waals surface area contributed by atoms with Crippen LogP contribution < -0.4 is 10.9 Å². The van der Waals surface area contributed by atoms with E-state index in [-0.39, 0.29) is 11.5 Å². The van der Waals surface area contributed by atoms with Gasteiger partial charge < -0.3 is 15.0 Å². The average molecular weight is 386 g/mol. The smallest absolute Gasteiger partial charge is 0.407 e. The fraction of sp³-hybridized carbons (Fsp3) is 0.167. The van der Waals surface area contributed by atoms with E-state index in [1.807, 2.05) is 42.5 Å². The predicted molar refractivity (Wildman–Crippen MR) is 114 cm³/mol. The lowest BCUT2D eigenvalue weighted by molar-refractivity contribution is 0.143. The van der Waals surface area contributed by atoms with E-state index in [1.54, 1.807) is 6.20 Å². The molecule has 0 aliphatic heterocycles. The van der Waals surface area contributed by atoms with Gasteiger partial charge in [-0.1, -0.05) is 60.7 Å². The third-order valence-electron chi connectivity index (χ3n) is 5.03. The van der Waals surface area contributed by atoms with Gasteiger partial charge in [-0.05, 0) is 40.3 Å². The number of nitrogens with one attached hydrogen (secondary N) is 2. The monoisotopic (exact) mass is 386 g/mol. The van der Waals surface area contributed by atoms with Crippen molar-refractivity contribution in [3.05, 3.63) is 100.0 Å². The van der Waals surface area contributed by atoms with Crippen LogP contribution in [0.25, 0.3) is 17.2 Å². The van der Waals surface area contributed by atoms with Crippen LogP contribution in [0.1, 0.15) is 29.0 Å². The fourth-order valence-corrected chi connectivity index (χ4v) is 3.69. The molecule has 1 amide bonds. The number of rotatable bonds is 6. The highest BCUT2D eigenvalue weighted by Crippen LogP contribution is 2.44. The molecule has 1 aliphatic carbocycles. The summed E-state index contributed by atoms with van der Waals surface area (Å²) in [4.78, 5) is 25.9. The Labute approximate surface area is 169 Å². The van der Waals surface area contributed by atoms with Crippen LogP contribution in [0.5, 0.6) is 0 Å². The van der Waals surface area contributed by atoms with Gasteiger partial charge in [0.05, 0.1) is 0 Å². The zero-order valence-electron chi connectivity index (χ0n) is 15.9. The molecule has 2 aromatic carbocycles. The van der Waals surface area contributed by atoms with Crippen molar-refractivity contribution in [2.45, 2.75) is 12.3 Å². The average Bonchev–Trinajstić information content (AvgIpc) is 3.06. The maximum Gasteiger partial charge on any atom is 0.407 e. The molecular formula is C24H22N2O3. The Hall–Kier alpha value is -3.60. The SMILES string of the molecule is O=C(NCCC=Cc1cc[nH]c(=O)c1)OCC1c2ccccc2-c2ccccc21. The van der Waals surface area contributed by atoms with Crippen LogP contribution in [-0.4, -0.2) is 24.2 Å². The van der Waals surface area contributed by atoms with E-state index in [1.165, 1.54) is 28.3 Å². The van der Waals surface area contributed by atoms with E-state index in [0.29, 0.717) is 19.6 Å². The second-order valence-electron chi connectivity index (χ2n) is 6.93. The number of hydrogen-bond acceptors (Lipinski definition) is 3. The Balaban J connectivity index is 1.28. The molecule has 1 heterocycles. The third-order valence-corrected chi connectivity index (χ3v) is 5.03. The maximum absolute atomic E-state index is 12.1. The molecule has 0 atom stereocenters. The summed E-state index contributed by atoms with van der Waals surface area (Å²) in [7, 11) is 0. The molecule has 0 saturated heterocycles.